The number of nitrogens with zero attached hydrogens (tertiary/aromatic N) is 1. The first-order chi connectivity index (χ1) is 10.5. The Kier molecular flexibility index (Phi) is 2.79. The molecular formula is C15H17NO6. The molecule has 1 N–H and O–H groups in total. The van der Waals surface area contributed by atoms with Crippen molar-refractivity contribution in [1.82, 2.24) is 4.57 Å². The summed E-state index contributed by atoms with van der Waals surface area (Å²) < 4.78 is 18.0. The van der Waals surface area contributed by atoms with E-state index >= 15 is 0 Å². The minimum Gasteiger partial charge on any atom is -0.458 e. The van der Waals surface area contributed by atoms with Gasteiger partial charge in [-0.05, 0) is 12.5 Å². The number of carbonyl (C=O) groups excluding carboxylic acids is 1. The summed E-state index contributed by atoms with van der Waals surface area (Å²) in [5.74, 6) is -1.64. The normalized spacial score (nSPS) is 28.5. The molecular weight excluding hydrogens is 290 g/mol. The van der Waals surface area contributed by atoms with Crippen LogP contribution in [0.15, 0.2) is 10.9 Å². The molecule has 1 saturated heterocycles. The van der Waals surface area contributed by atoms with Crippen molar-refractivity contribution in [2.45, 2.75) is 44.3 Å². The Morgan fingerprint density at radius 2 is 2.05 bits per heavy atom. The van der Waals surface area contributed by atoms with Gasteiger partial charge in [0.25, 0.3) is 5.56 Å². The molecule has 22 heavy (non-hydrogen) atoms. The van der Waals surface area contributed by atoms with Crippen LogP contribution in [-0.4, -0.2) is 28.9 Å². The number of cyclic esters (lactones) is 1. The Hall–Kier alpha value is -1.70. The van der Waals surface area contributed by atoms with Gasteiger partial charge in [-0.25, -0.2) is 4.79 Å². The second-order valence-electron chi connectivity index (χ2n) is 5.87. The van der Waals surface area contributed by atoms with E-state index in [0.717, 1.165) is 0 Å². The van der Waals surface area contributed by atoms with Crippen molar-refractivity contribution < 1.29 is 24.1 Å². The number of fused-ring (bicyclic) bond motifs is 3. The van der Waals surface area contributed by atoms with E-state index in [-0.39, 0.29) is 18.6 Å². The fourth-order valence-electron chi connectivity index (χ4n) is 3.57. The van der Waals surface area contributed by atoms with E-state index in [0.29, 0.717) is 43.0 Å². The van der Waals surface area contributed by atoms with Crippen LogP contribution >= 0.6 is 0 Å². The zero-order valence-corrected chi connectivity index (χ0v) is 12.3. The third-order valence-corrected chi connectivity index (χ3v) is 4.85. The van der Waals surface area contributed by atoms with Crippen LogP contribution in [-0.2, 0) is 43.5 Å². The summed E-state index contributed by atoms with van der Waals surface area (Å²) in [5, 5.41) is 10.7. The van der Waals surface area contributed by atoms with Crippen LogP contribution in [0.3, 0.4) is 0 Å². The summed E-state index contributed by atoms with van der Waals surface area (Å²) in [6, 6.07) is 1.68. The van der Waals surface area contributed by atoms with Crippen molar-refractivity contribution in [2.75, 3.05) is 13.2 Å². The van der Waals surface area contributed by atoms with E-state index in [4.69, 9.17) is 14.2 Å². The smallest absolute Gasteiger partial charge is 0.343 e. The van der Waals surface area contributed by atoms with Gasteiger partial charge in [-0.3, -0.25) is 4.79 Å². The summed E-state index contributed by atoms with van der Waals surface area (Å²) in [6.07, 6.45) is 0.681. The van der Waals surface area contributed by atoms with Crippen LogP contribution in [0.2, 0.25) is 0 Å². The van der Waals surface area contributed by atoms with Crippen LogP contribution in [0.1, 0.15) is 36.6 Å². The molecule has 0 bridgehead atoms. The topological polar surface area (TPSA) is 87.0 Å². The summed E-state index contributed by atoms with van der Waals surface area (Å²) in [4.78, 5) is 24.7. The first-order valence-corrected chi connectivity index (χ1v) is 7.47. The maximum atomic E-state index is 12.7. The first kappa shape index (κ1) is 13.9. The van der Waals surface area contributed by atoms with Crippen molar-refractivity contribution >= 4 is 5.97 Å². The van der Waals surface area contributed by atoms with Crippen LogP contribution in [0, 0.1) is 0 Å². The highest BCUT2D eigenvalue weighted by atomic mass is 16.7. The maximum Gasteiger partial charge on any atom is 0.343 e. The minimum absolute atomic E-state index is 0.107. The Morgan fingerprint density at radius 1 is 1.32 bits per heavy atom. The number of rotatable bonds is 1. The van der Waals surface area contributed by atoms with Crippen LogP contribution < -0.4 is 5.56 Å². The molecule has 1 spiro atoms. The van der Waals surface area contributed by atoms with Crippen molar-refractivity contribution in [3.8, 4) is 0 Å². The molecule has 0 amide bonds. The highest BCUT2D eigenvalue weighted by molar-refractivity contribution is 5.83. The fraction of sp³-hybridized carbons (Fsp3) is 0.600. The van der Waals surface area contributed by atoms with Gasteiger partial charge in [0.1, 0.15) is 6.61 Å². The highest BCUT2D eigenvalue weighted by Crippen LogP contribution is 2.42. The van der Waals surface area contributed by atoms with E-state index in [1.807, 2.05) is 0 Å². The number of aliphatic hydroxyl groups is 1. The summed E-state index contributed by atoms with van der Waals surface area (Å²) in [6.45, 7) is 2.99. The number of hydrogen-bond acceptors (Lipinski definition) is 6. The number of pyridine rings is 1. The molecule has 1 atom stereocenters. The standard InChI is InChI=1S/C15H17NO6/c1-2-14(19)10-7-11-15(21-5-6-22-15)3-4-16(11)12(17)9(10)8-20-13(14)18/h7,19H,2-6,8H2,1H3/t14-/m1/s1. The average Bonchev–Trinajstić information content (AvgIpc) is 3.13. The summed E-state index contributed by atoms with van der Waals surface area (Å²) in [7, 11) is 0. The molecule has 1 aromatic heterocycles. The van der Waals surface area contributed by atoms with Gasteiger partial charge in [0, 0.05) is 18.5 Å². The summed E-state index contributed by atoms with van der Waals surface area (Å²) in [5.41, 5.74) is -0.797. The lowest BCUT2D eigenvalue weighted by atomic mass is 9.85. The van der Waals surface area contributed by atoms with Crippen LogP contribution in [0.25, 0.3) is 0 Å². The largest absolute Gasteiger partial charge is 0.458 e. The van der Waals surface area contributed by atoms with Gasteiger partial charge < -0.3 is 23.9 Å². The molecule has 0 radical (unpaired) electrons. The average molecular weight is 307 g/mol. The molecule has 3 aliphatic heterocycles. The predicted molar refractivity (Wildman–Crippen MR) is 72.9 cm³/mol. The molecule has 0 aromatic carbocycles. The van der Waals surface area contributed by atoms with E-state index in [9.17, 15) is 14.7 Å². The number of aromatic nitrogens is 1. The van der Waals surface area contributed by atoms with Gasteiger partial charge in [-0.15, -0.1) is 0 Å². The van der Waals surface area contributed by atoms with Crippen molar-refractivity contribution in [2.24, 2.45) is 0 Å². The van der Waals surface area contributed by atoms with Gasteiger partial charge in [0.05, 0.1) is 24.5 Å². The molecule has 1 aromatic rings. The zero-order chi connectivity index (χ0) is 15.5. The second-order valence-corrected chi connectivity index (χ2v) is 5.87. The number of carbonyl (C=O) groups is 1. The van der Waals surface area contributed by atoms with Gasteiger partial charge in [-0.2, -0.15) is 0 Å². The molecule has 0 unspecified atom stereocenters. The van der Waals surface area contributed by atoms with Gasteiger partial charge in [0.2, 0.25) is 5.79 Å². The van der Waals surface area contributed by atoms with Gasteiger partial charge >= 0.3 is 5.97 Å². The lowest BCUT2D eigenvalue weighted by molar-refractivity contribution is -0.173. The predicted octanol–water partition coefficient (Wildman–Crippen LogP) is 0.106. The van der Waals surface area contributed by atoms with Crippen molar-refractivity contribution in [1.29, 1.82) is 0 Å². The number of hydrogen-bond donors (Lipinski definition) is 1. The summed E-state index contributed by atoms with van der Waals surface area (Å²) >= 11 is 0. The third kappa shape index (κ3) is 1.56. The van der Waals surface area contributed by atoms with Crippen LogP contribution in [0.5, 0.6) is 0 Å². The fourth-order valence-corrected chi connectivity index (χ4v) is 3.57. The van der Waals surface area contributed by atoms with Gasteiger partial charge in [-0.1, -0.05) is 6.92 Å². The highest BCUT2D eigenvalue weighted by Gasteiger charge is 2.50. The van der Waals surface area contributed by atoms with Crippen LogP contribution in [0.4, 0.5) is 0 Å². The number of ether oxygens (including phenoxy) is 3. The van der Waals surface area contributed by atoms with Crippen molar-refractivity contribution in [3.63, 3.8) is 0 Å². The minimum atomic E-state index is -1.79. The lowest BCUT2D eigenvalue weighted by Gasteiger charge is -2.32. The third-order valence-electron chi connectivity index (χ3n) is 4.85. The Bertz CT molecular complexity index is 717. The second kappa shape index (κ2) is 4.41. The molecule has 0 saturated carbocycles. The molecule has 118 valence electrons. The quantitative estimate of drug-likeness (QED) is 0.741. The maximum absolute atomic E-state index is 12.7. The first-order valence-electron chi connectivity index (χ1n) is 7.47. The molecule has 4 rings (SSSR count). The Labute approximate surface area is 126 Å². The molecule has 3 aliphatic rings. The van der Waals surface area contributed by atoms with Crippen molar-refractivity contribution in [3.05, 3.63) is 33.2 Å². The van der Waals surface area contributed by atoms with E-state index in [1.54, 1.807) is 17.6 Å². The number of esters is 1. The van der Waals surface area contributed by atoms with Gasteiger partial charge in [0.15, 0.2) is 5.60 Å². The Morgan fingerprint density at radius 3 is 2.73 bits per heavy atom. The molecule has 7 nitrogen and oxygen atoms in total. The molecule has 7 heteroatoms. The van der Waals surface area contributed by atoms with E-state index in [1.165, 1.54) is 0 Å². The zero-order valence-electron chi connectivity index (χ0n) is 12.3. The van der Waals surface area contributed by atoms with E-state index in [2.05, 4.69) is 0 Å². The molecule has 1 fully saturated rings. The SMILES string of the molecule is CC[C@]1(O)C(=O)OCc2c1cc1n(c2=O)CCC12OCCO2. The Balaban J connectivity index is 1.98. The monoisotopic (exact) mass is 307 g/mol. The lowest BCUT2D eigenvalue weighted by Crippen LogP contribution is -2.45. The molecule has 4 heterocycles. The molecule has 0 aliphatic carbocycles. The van der Waals surface area contributed by atoms with E-state index < -0.39 is 17.4 Å².